The van der Waals surface area contributed by atoms with E-state index in [-0.39, 0.29) is 0 Å². The van der Waals surface area contributed by atoms with Crippen LogP contribution < -0.4 is 10.6 Å². The third-order valence-corrected chi connectivity index (χ3v) is 3.77. The Kier molecular flexibility index (Phi) is 8.90. The average molecular weight is 278 g/mol. The van der Waals surface area contributed by atoms with Crippen molar-refractivity contribution in [1.29, 1.82) is 0 Å². The number of unbranched alkanes of at least 4 members (excludes halogenated alkanes) is 1. The van der Waals surface area contributed by atoms with Gasteiger partial charge in [-0.3, -0.25) is 4.99 Å². The molecule has 0 radical (unpaired) electrons. The molecule has 0 aliphatic carbocycles. The zero-order valence-electron chi connectivity index (χ0n) is 13.1. The number of nitrogens with zero attached hydrogens (tertiary/aromatic N) is 2. The van der Waals surface area contributed by atoms with Crippen LogP contribution in [0.25, 0.3) is 0 Å². The van der Waals surface area contributed by atoms with E-state index in [9.17, 15) is 0 Å². The first-order valence-corrected chi connectivity index (χ1v) is 7.97. The van der Waals surface area contributed by atoms with Gasteiger partial charge in [0.25, 0.3) is 0 Å². The molecule has 2 N–H and O–H groups in total. The quantitative estimate of drug-likeness (QED) is 0.323. The highest BCUT2D eigenvalue weighted by Gasteiger charge is 2.16. The summed E-state index contributed by atoms with van der Waals surface area (Å²) < 4.78 is 0. The molecule has 114 valence electrons. The summed E-state index contributed by atoms with van der Waals surface area (Å²) in [6.45, 7) is 9.15. The summed E-state index contributed by atoms with van der Waals surface area (Å²) in [4.78, 5) is 7.15. The van der Waals surface area contributed by atoms with Crippen LogP contribution in [0.4, 0.5) is 0 Å². The first kappa shape index (κ1) is 16.8. The molecule has 0 aromatic rings. The third-order valence-electron chi connectivity index (χ3n) is 3.77. The van der Waals surface area contributed by atoms with Crippen LogP contribution in [-0.2, 0) is 0 Å². The van der Waals surface area contributed by atoms with E-state index in [2.05, 4.69) is 40.3 Å². The van der Waals surface area contributed by atoms with E-state index in [1.54, 1.807) is 0 Å². The number of terminal acetylenes is 1. The average Bonchev–Trinajstić information content (AvgIpc) is 2.46. The van der Waals surface area contributed by atoms with Crippen molar-refractivity contribution in [1.82, 2.24) is 15.5 Å². The number of piperidine rings is 1. The third kappa shape index (κ3) is 6.81. The molecule has 1 saturated heterocycles. The van der Waals surface area contributed by atoms with Gasteiger partial charge in [0.2, 0.25) is 0 Å². The second-order valence-electron chi connectivity index (χ2n) is 5.41. The lowest BCUT2D eigenvalue weighted by molar-refractivity contribution is 0.158. The molecule has 1 aliphatic heterocycles. The predicted molar refractivity (Wildman–Crippen MR) is 86.9 cm³/mol. The number of rotatable bonds is 7. The Labute approximate surface area is 124 Å². The molecule has 0 spiro atoms. The fourth-order valence-electron chi connectivity index (χ4n) is 2.58. The van der Waals surface area contributed by atoms with Gasteiger partial charge in [0.15, 0.2) is 5.96 Å². The van der Waals surface area contributed by atoms with Crippen LogP contribution in [0, 0.1) is 12.3 Å². The van der Waals surface area contributed by atoms with Crippen LogP contribution in [0.2, 0.25) is 0 Å². The van der Waals surface area contributed by atoms with E-state index < -0.39 is 0 Å². The fraction of sp³-hybridized carbons (Fsp3) is 0.812. The van der Waals surface area contributed by atoms with E-state index in [1.807, 2.05) is 0 Å². The predicted octanol–water partition coefficient (Wildman–Crippen LogP) is 1.83. The number of hydrogen-bond acceptors (Lipinski definition) is 2. The summed E-state index contributed by atoms with van der Waals surface area (Å²) in [5, 5.41) is 6.31. The van der Waals surface area contributed by atoms with Crippen molar-refractivity contribution in [3.8, 4) is 12.3 Å². The Morgan fingerprint density at radius 1 is 1.35 bits per heavy atom. The zero-order chi connectivity index (χ0) is 14.6. The Morgan fingerprint density at radius 3 is 2.90 bits per heavy atom. The second kappa shape index (κ2) is 10.6. The maximum Gasteiger partial charge on any atom is 0.192 e. The maximum atomic E-state index is 5.24. The lowest BCUT2D eigenvalue weighted by Gasteiger charge is -2.33. The van der Waals surface area contributed by atoms with E-state index in [0.29, 0.717) is 6.54 Å². The van der Waals surface area contributed by atoms with Crippen molar-refractivity contribution in [2.24, 2.45) is 4.99 Å². The van der Waals surface area contributed by atoms with Crippen molar-refractivity contribution in [3.63, 3.8) is 0 Å². The molecule has 4 heteroatoms. The summed E-state index contributed by atoms with van der Waals surface area (Å²) in [6.07, 6.45) is 11.7. The fourth-order valence-corrected chi connectivity index (χ4v) is 2.58. The highest BCUT2D eigenvalue weighted by atomic mass is 15.2. The Bertz CT molecular complexity index is 319. The molecule has 1 atom stereocenters. The van der Waals surface area contributed by atoms with Gasteiger partial charge in [-0.2, -0.15) is 0 Å². The largest absolute Gasteiger partial charge is 0.357 e. The topological polar surface area (TPSA) is 39.7 Å². The van der Waals surface area contributed by atoms with Gasteiger partial charge < -0.3 is 15.5 Å². The van der Waals surface area contributed by atoms with E-state index in [4.69, 9.17) is 6.42 Å². The van der Waals surface area contributed by atoms with Crippen molar-refractivity contribution in [3.05, 3.63) is 0 Å². The number of guanidine groups is 1. The lowest BCUT2D eigenvalue weighted by atomic mass is 10.0. The smallest absolute Gasteiger partial charge is 0.192 e. The second-order valence-corrected chi connectivity index (χ2v) is 5.41. The van der Waals surface area contributed by atoms with Crippen molar-refractivity contribution >= 4 is 5.96 Å². The molecule has 0 aromatic carbocycles. The molecule has 0 bridgehead atoms. The molecular weight excluding hydrogens is 248 g/mol. The van der Waals surface area contributed by atoms with Crippen LogP contribution >= 0.6 is 0 Å². The summed E-state index contributed by atoms with van der Waals surface area (Å²) in [5.74, 6) is 3.40. The number of aliphatic imine (C=N–C) groups is 1. The van der Waals surface area contributed by atoms with E-state index in [0.717, 1.165) is 31.5 Å². The summed E-state index contributed by atoms with van der Waals surface area (Å²) in [6, 6.07) is 0.766. The molecule has 1 heterocycles. The minimum atomic E-state index is 0.525. The first-order valence-electron chi connectivity index (χ1n) is 7.97. The highest BCUT2D eigenvalue weighted by Crippen LogP contribution is 2.16. The normalized spacial score (nSPS) is 20.4. The van der Waals surface area contributed by atoms with Crippen LogP contribution in [0.1, 0.15) is 46.0 Å². The minimum absolute atomic E-state index is 0.525. The van der Waals surface area contributed by atoms with Gasteiger partial charge in [0.05, 0.1) is 6.54 Å². The lowest BCUT2D eigenvalue weighted by Crippen LogP contribution is -2.38. The monoisotopic (exact) mass is 278 g/mol. The standard InChI is InChI=1S/C16H30N4/c1-4-11-18-16(17-5-2)19-12-7-9-14-20-13-8-6-10-15(20)3/h1,15H,5-14H2,2-3H3,(H2,17,18,19). The molecule has 1 fully saturated rings. The summed E-state index contributed by atoms with van der Waals surface area (Å²) >= 11 is 0. The van der Waals surface area contributed by atoms with Crippen molar-refractivity contribution in [2.75, 3.05) is 32.7 Å². The first-order chi connectivity index (χ1) is 9.77. The maximum absolute atomic E-state index is 5.24. The highest BCUT2D eigenvalue weighted by molar-refractivity contribution is 5.79. The van der Waals surface area contributed by atoms with Crippen molar-refractivity contribution in [2.45, 2.75) is 52.0 Å². The van der Waals surface area contributed by atoms with Gasteiger partial charge in [0.1, 0.15) is 0 Å². The molecule has 20 heavy (non-hydrogen) atoms. The van der Waals surface area contributed by atoms with Gasteiger partial charge in [-0.1, -0.05) is 12.3 Å². The number of nitrogens with one attached hydrogen (secondary N) is 2. The zero-order valence-corrected chi connectivity index (χ0v) is 13.1. The van der Waals surface area contributed by atoms with Gasteiger partial charge >= 0.3 is 0 Å². The van der Waals surface area contributed by atoms with Crippen molar-refractivity contribution < 1.29 is 0 Å². The molecule has 1 aliphatic rings. The van der Waals surface area contributed by atoms with E-state index >= 15 is 0 Å². The molecule has 4 nitrogen and oxygen atoms in total. The molecule has 0 amide bonds. The van der Waals surface area contributed by atoms with Gasteiger partial charge in [-0.25, -0.2) is 0 Å². The van der Waals surface area contributed by atoms with Gasteiger partial charge in [-0.15, -0.1) is 6.42 Å². The summed E-state index contributed by atoms with van der Waals surface area (Å²) in [7, 11) is 0. The van der Waals surface area contributed by atoms with Gasteiger partial charge in [-0.05, 0) is 52.6 Å². The van der Waals surface area contributed by atoms with Crippen LogP contribution in [0.5, 0.6) is 0 Å². The molecule has 0 saturated carbocycles. The van der Waals surface area contributed by atoms with E-state index in [1.165, 1.54) is 38.8 Å². The summed E-state index contributed by atoms with van der Waals surface area (Å²) in [5.41, 5.74) is 0. The van der Waals surface area contributed by atoms with Crippen LogP contribution in [-0.4, -0.2) is 49.6 Å². The van der Waals surface area contributed by atoms with Crippen LogP contribution in [0.3, 0.4) is 0 Å². The Balaban J connectivity index is 2.16. The molecule has 1 rings (SSSR count). The minimum Gasteiger partial charge on any atom is -0.357 e. The number of likely N-dealkylation sites (tertiary alicyclic amines) is 1. The SMILES string of the molecule is C#CCNC(=NCCCCN1CCCCC1C)NCC. The Hall–Kier alpha value is -1.21. The number of hydrogen-bond donors (Lipinski definition) is 2. The molecular formula is C16H30N4. The van der Waals surface area contributed by atoms with Gasteiger partial charge in [0, 0.05) is 19.1 Å². The van der Waals surface area contributed by atoms with Crippen LogP contribution in [0.15, 0.2) is 4.99 Å². The molecule has 0 aromatic heterocycles. The Morgan fingerprint density at radius 2 is 2.20 bits per heavy atom. The molecule has 1 unspecified atom stereocenters.